The smallest absolute Gasteiger partial charge is 0.423 e. The number of benzene rings is 2. The molecule has 5 nitrogen and oxygen atoms in total. The lowest BCUT2D eigenvalue weighted by Crippen LogP contribution is -2.30. The summed E-state index contributed by atoms with van der Waals surface area (Å²) in [5, 5.41) is 0. The summed E-state index contributed by atoms with van der Waals surface area (Å²) in [6.45, 7) is 0. The van der Waals surface area contributed by atoms with Crippen LogP contribution in [0, 0.1) is 17.6 Å². The Bertz CT molecular complexity index is 920. The molecular weight excluding hydrogens is 368 g/mol. The highest BCUT2D eigenvalue weighted by atomic mass is 19.1. The normalized spacial score (nSPS) is 15.8. The largest absolute Gasteiger partial charge is 0.466 e. The SMILES string of the molecule is COC(=O)C1=CN(C(=O)Oc2ccccc2)C=CC1Cc1cc(F)cc(F)c1. The second-order valence-corrected chi connectivity index (χ2v) is 6.09. The molecule has 3 rings (SSSR count). The van der Waals surface area contributed by atoms with Crippen molar-refractivity contribution in [2.24, 2.45) is 5.92 Å². The van der Waals surface area contributed by atoms with E-state index in [0.717, 1.165) is 11.0 Å². The molecule has 1 heterocycles. The topological polar surface area (TPSA) is 55.8 Å². The van der Waals surface area contributed by atoms with Gasteiger partial charge in [-0.2, -0.15) is 0 Å². The molecule has 0 radical (unpaired) electrons. The van der Waals surface area contributed by atoms with Crippen LogP contribution in [0.4, 0.5) is 13.6 Å². The third kappa shape index (κ3) is 4.62. The molecule has 144 valence electrons. The molecule has 1 atom stereocenters. The Hall–Kier alpha value is -3.48. The van der Waals surface area contributed by atoms with E-state index in [4.69, 9.17) is 9.47 Å². The van der Waals surface area contributed by atoms with Crippen molar-refractivity contribution in [1.82, 2.24) is 4.90 Å². The fraction of sp³-hybridized carbons (Fsp3) is 0.143. The fourth-order valence-corrected chi connectivity index (χ4v) is 2.83. The number of para-hydroxylation sites is 1. The van der Waals surface area contributed by atoms with Crippen molar-refractivity contribution in [2.45, 2.75) is 6.42 Å². The van der Waals surface area contributed by atoms with Gasteiger partial charge in [0.15, 0.2) is 0 Å². The highest BCUT2D eigenvalue weighted by molar-refractivity contribution is 5.90. The Morgan fingerprint density at radius 2 is 1.75 bits per heavy atom. The maximum Gasteiger partial charge on any atom is 0.423 e. The van der Waals surface area contributed by atoms with Crippen LogP contribution in [-0.4, -0.2) is 24.1 Å². The monoisotopic (exact) mass is 385 g/mol. The highest BCUT2D eigenvalue weighted by Gasteiger charge is 2.27. The molecule has 1 unspecified atom stereocenters. The number of esters is 1. The van der Waals surface area contributed by atoms with E-state index in [1.165, 1.54) is 31.6 Å². The molecule has 0 aliphatic carbocycles. The van der Waals surface area contributed by atoms with Crippen LogP contribution in [0.15, 0.2) is 72.6 Å². The van der Waals surface area contributed by atoms with Crippen LogP contribution < -0.4 is 4.74 Å². The number of amides is 1. The summed E-state index contributed by atoms with van der Waals surface area (Å²) in [5.41, 5.74) is 0.543. The summed E-state index contributed by atoms with van der Waals surface area (Å²) >= 11 is 0. The highest BCUT2D eigenvalue weighted by Crippen LogP contribution is 2.26. The van der Waals surface area contributed by atoms with Crippen molar-refractivity contribution in [1.29, 1.82) is 0 Å². The first-order valence-corrected chi connectivity index (χ1v) is 8.45. The minimum atomic E-state index is -0.709. The maximum atomic E-state index is 13.4. The fourth-order valence-electron chi connectivity index (χ4n) is 2.83. The Morgan fingerprint density at radius 3 is 2.39 bits per heavy atom. The Labute approximate surface area is 160 Å². The summed E-state index contributed by atoms with van der Waals surface area (Å²) < 4.78 is 36.9. The molecule has 0 fully saturated rings. The van der Waals surface area contributed by atoms with Gasteiger partial charge in [0.2, 0.25) is 0 Å². The van der Waals surface area contributed by atoms with E-state index in [-0.39, 0.29) is 12.0 Å². The second-order valence-electron chi connectivity index (χ2n) is 6.09. The van der Waals surface area contributed by atoms with Gasteiger partial charge in [-0.05, 0) is 36.2 Å². The molecule has 0 saturated heterocycles. The predicted molar refractivity (Wildman–Crippen MR) is 97.1 cm³/mol. The van der Waals surface area contributed by atoms with Crippen molar-refractivity contribution in [2.75, 3.05) is 7.11 Å². The zero-order valence-electron chi connectivity index (χ0n) is 15.0. The van der Waals surface area contributed by atoms with Gasteiger partial charge in [-0.15, -0.1) is 0 Å². The van der Waals surface area contributed by atoms with Gasteiger partial charge in [0.05, 0.1) is 12.7 Å². The number of allylic oxidation sites excluding steroid dienone is 1. The number of nitrogens with zero attached hydrogens (tertiary/aromatic N) is 1. The van der Waals surface area contributed by atoms with Gasteiger partial charge < -0.3 is 9.47 Å². The number of carbonyl (C=O) groups excluding carboxylic acids is 2. The minimum absolute atomic E-state index is 0.160. The summed E-state index contributed by atoms with van der Waals surface area (Å²) in [5.74, 6) is -2.22. The standard InChI is InChI=1S/C21H17F2NO4/c1-27-20(25)19-13-24(21(26)28-18-5-3-2-4-6-18)8-7-15(19)9-14-10-16(22)12-17(23)11-14/h2-8,10-13,15H,9H2,1H3. The zero-order valence-corrected chi connectivity index (χ0v) is 15.0. The number of carbonyl (C=O) groups is 2. The van der Waals surface area contributed by atoms with Gasteiger partial charge in [-0.1, -0.05) is 24.3 Å². The van der Waals surface area contributed by atoms with Gasteiger partial charge in [0.1, 0.15) is 17.4 Å². The van der Waals surface area contributed by atoms with Crippen molar-refractivity contribution >= 4 is 12.1 Å². The van der Waals surface area contributed by atoms with Gasteiger partial charge >= 0.3 is 12.1 Å². The van der Waals surface area contributed by atoms with Crippen molar-refractivity contribution < 1.29 is 27.8 Å². The molecule has 0 spiro atoms. The second kappa shape index (κ2) is 8.47. The third-order valence-electron chi connectivity index (χ3n) is 4.11. The van der Waals surface area contributed by atoms with Crippen LogP contribution in [0.3, 0.4) is 0 Å². The number of halogens is 2. The van der Waals surface area contributed by atoms with Crippen LogP contribution in [-0.2, 0) is 16.0 Å². The van der Waals surface area contributed by atoms with Crippen LogP contribution >= 0.6 is 0 Å². The number of hydrogen-bond donors (Lipinski definition) is 0. The molecule has 0 saturated carbocycles. The Kier molecular flexibility index (Phi) is 5.84. The molecule has 1 aliphatic heterocycles. The summed E-state index contributed by atoms with van der Waals surface area (Å²) in [7, 11) is 1.22. The van der Waals surface area contributed by atoms with Crippen molar-refractivity contribution in [3.63, 3.8) is 0 Å². The lowest BCUT2D eigenvalue weighted by Gasteiger charge is -2.24. The third-order valence-corrected chi connectivity index (χ3v) is 4.11. The van der Waals surface area contributed by atoms with Crippen LogP contribution in [0.5, 0.6) is 5.75 Å². The number of methoxy groups -OCH3 is 1. The van der Waals surface area contributed by atoms with Crippen molar-refractivity contribution in [3.8, 4) is 5.75 Å². The summed E-state index contributed by atoms with van der Waals surface area (Å²) in [6, 6.07) is 11.6. The van der Waals surface area contributed by atoms with E-state index < -0.39 is 29.6 Å². The van der Waals surface area contributed by atoms with Gasteiger partial charge in [0, 0.05) is 24.4 Å². The van der Waals surface area contributed by atoms with E-state index in [0.29, 0.717) is 11.3 Å². The molecule has 1 amide bonds. The Balaban J connectivity index is 1.80. The first-order chi connectivity index (χ1) is 13.5. The maximum absolute atomic E-state index is 13.4. The molecule has 0 N–H and O–H groups in total. The molecule has 2 aromatic carbocycles. The predicted octanol–water partition coefficient (Wildman–Crippen LogP) is 4.21. The molecule has 0 aromatic heterocycles. The number of rotatable bonds is 4. The number of hydrogen-bond acceptors (Lipinski definition) is 4. The lowest BCUT2D eigenvalue weighted by atomic mass is 9.90. The molecule has 1 aliphatic rings. The van der Waals surface area contributed by atoms with Gasteiger partial charge in [-0.3, -0.25) is 4.90 Å². The summed E-state index contributed by atoms with van der Waals surface area (Å²) in [4.78, 5) is 25.6. The minimum Gasteiger partial charge on any atom is -0.466 e. The summed E-state index contributed by atoms with van der Waals surface area (Å²) in [6.07, 6.45) is 3.78. The molecule has 2 aromatic rings. The molecule has 0 bridgehead atoms. The van der Waals surface area contributed by atoms with Crippen molar-refractivity contribution in [3.05, 3.63) is 89.8 Å². The first kappa shape index (κ1) is 19.3. The van der Waals surface area contributed by atoms with E-state index in [9.17, 15) is 18.4 Å². The average Bonchev–Trinajstić information content (AvgIpc) is 2.67. The van der Waals surface area contributed by atoms with Crippen LogP contribution in [0.1, 0.15) is 5.56 Å². The van der Waals surface area contributed by atoms with Gasteiger partial charge in [-0.25, -0.2) is 18.4 Å². The van der Waals surface area contributed by atoms with E-state index in [1.54, 1.807) is 36.4 Å². The first-order valence-electron chi connectivity index (χ1n) is 8.45. The molecule has 28 heavy (non-hydrogen) atoms. The van der Waals surface area contributed by atoms with E-state index in [2.05, 4.69) is 0 Å². The average molecular weight is 385 g/mol. The van der Waals surface area contributed by atoms with Gasteiger partial charge in [0.25, 0.3) is 0 Å². The van der Waals surface area contributed by atoms with E-state index in [1.807, 2.05) is 0 Å². The zero-order chi connectivity index (χ0) is 20.1. The molecule has 7 heteroatoms. The quantitative estimate of drug-likeness (QED) is 0.740. The van der Waals surface area contributed by atoms with Crippen LogP contribution in [0.2, 0.25) is 0 Å². The van der Waals surface area contributed by atoms with E-state index >= 15 is 0 Å². The Morgan fingerprint density at radius 1 is 1.07 bits per heavy atom. The van der Waals surface area contributed by atoms with Crippen LogP contribution in [0.25, 0.3) is 0 Å². The lowest BCUT2D eigenvalue weighted by molar-refractivity contribution is -0.136. The number of ether oxygens (including phenoxy) is 2. The molecular formula is C21H17F2NO4.